The van der Waals surface area contributed by atoms with Gasteiger partial charge in [-0.3, -0.25) is 4.79 Å². The normalized spacial score (nSPS) is 15.2. The van der Waals surface area contributed by atoms with Crippen molar-refractivity contribution in [3.63, 3.8) is 0 Å². The third kappa shape index (κ3) is 6.92. The molecule has 5 nitrogen and oxygen atoms in total. The summed E-state index contributed by atoms with van der Waals surface area (Å²) in [7, 11) is -5.72. The molecular weight excluding hydrogens is 404 g/mol. The second kappa shape index (κ2) is 8.36. The molecule has 1 aliphatic heterocycles. The molecule has 154 valence electrons. The average Bonchev–Trinajstić information content (AvgIpc) is 2.69. The molecule has 0 radical (unpaired) electrons. The van der Waals surface area contributed by atoms with E-state index in [0.29, 0.717) is 42.6 Å². The van der Waals surface area contributed by atoms with E-state index >= 15 is 0 Å². The van der Waals surface area contributed by atoms with Crippen LogP contribution in [-0.2, 0) is 27.8 Å². The number of amides is 1. The zero-order valence-electron chi connectivity index (χ0n) is 14.3. The lowest BCUT2D eigenvalue weighted by molar-refractivity contribution is -0.118. The molecule has 0 bridgehead atoms. The quantitative estimate of drug-likeness (QED) is 0.325. The van der Waals surface area contributed by atoms with Crippen LogP contribution in [0, 0.1) is 6.92 Å². The first kappa shape index (κ1) is 23.1. The Bertz CT molecular complexity index is 768. The summed E-state index contributed by atoms with van der Waals surface area (Å²) in [5, 5.41) is 0. The van der Waals surface area contributed by atoms with Gasteiger partial charge in [0.15, 0.2) is 0 Å². The summed E-state index contributed by atoms with van der Waals surface area (Å²) in [6.45, 7) is 2.38. The molecule has 1 aromatic rings. The summed E-state index contributed by atoms with van der Waals surface area (Å²) in [6.07, 6.45) is -2.68. The maximum atomic E-state index is 12.5. The lowest BCUT2D eigenvalue weighted by Crippen LogP contribution is -2.29. The highest BCUT2D eigenvalue weighted by atomic mass is 32.2. The first-order valence-electron chi connectivity index (χ1n) is 7.54. The molecule has 0 spiro atoms. The van der Waals surface area contributed by atoms with Gasteiger partial charge in [-0.05, 0) is 30.9 Å². The Morgan fingerprint density at radius 1 is 1.07 bits per heavy atom. The number of hydrogen-bond donors (Lipinski definition) is 0. The van der Waals surface area contributed by atoms with E-state index in [2.05, 4.69) is 4.18 Å². The number of halogens is 6. The predicted molar refractivity (Wildman–Crippen MR) is 83.6 cm³/mol. The Morgan fingerprint density at radius 2 is 1.59 bits per heavy atom. The molecule has 12 heteroatoms. The van der Waals surface area contributed by atoms with Gasteiger partial charge in [-0.2, -0.15) is 34.8 Å². The third-order valence-corrected chi connectivity index (χ3v) is 4.45. The van der Waals surface area contributed by atoms with E-state index in [0.717, 1.165) is 0 Å². The number of carbonyl (C=O) groups excluding carboxylic acids is 1. The fraction of sp³-hybridized carbons (Fsp3) is 0.533. The number of benzene rings is 1. The van der Waals surface area contributed by atoms with Crippen LogP contribution in [0.5, 0.6) is 5.75 Å². The van der Waals surface area contributed by atoms with Gasteiger partial charge in [0.05, 0.1) is 0 Å². The maximum Gasteiger partial charge on any atom is 0.534 e. The summed E-state index contributed by atoms with van der Waals surface area (Å²) in [6, 6.07) is 3.22. The minimum Gasteiger partial charge on any atom is -0.375 e. The number of fused-ring (bicyclic) bond motifs is 1. The number of nitrogens with zero attached hydrogens (tertiary/aromatic N) is 1. The van der Waals surface area contributed by atoms with Crippen LogP contribution in [0.1, 0.15) is 23.6 Å². The van der Waals surface area contributed by atoms with Crippen molar-refractivity contribution in [2.45, 2.75) is 38.4 Å². The molecule has 0 aromatic heterocycles. The van der Waals surface area contributed by atoms with E-state index < -0.39 is 21.8 Å². The van der Waals surface area contributed by atoms with Crippen molar-refractivity contribution >= 4 is 16.5 Å². The third-order valence-electron chi connectivity index (χ3n) is 3.50. The number of hydrogen-bond acceptors (Lipinski definition) is 4. The minimum atomic E-state index is -5.72. The molecule has 0 fully saturated rings. The smallest absolute Gasteiger partial charge is 0.375 e. The molecule has 0 saturated carbocycles. The molecule has 1 aromatic carbocycles. The van der Waals surface area contributed by atoms with E-state index in [4.69, 9.17) is 0 Å². The van der Waals surface area contributed by atoms with Crippen LogP contribution in [-0.4, -0.2) is 44.5 Å². The molecule has 0 N–H and O–H groups in total. The summed E-state index contributed by atoms with van der Waals surface area (Å²) < 4.78 is 95.5. The van der Waals surface area contributed by atoms with E-state index in [9.17, 15) is 39.6 Å². The van der Waals surface area contributed by atoms with Crippen molar-refractivity contribution in [2.75, 3.05) is 13.1 Å². The molecule has 0 aliphatic carbocycles. The molecule has 1 heterocycles. The van der Waals surface area contributed by atoms with Gasteiger partial charge in [-0.15, -0.1) is 0 Å². The Kier molecular flexibility index (Phi) is 7.14. The second-order valence-electron chi connectivity index (χ2n) is 5.76. The zero-order chi connectivity index (χ0) is 21.0. The van der Waals surface area contributed by atoms with Gasteiger partial charge < -0.3 is 9.08 Å². The highest BCUT2D eigenvalue weighted by molar-refractivity contribution is 7.88. The average molecular weight is 421 g/mol. The second-order valence-corrected chi connectivity index (χ2v) is 7.29. The van der Waals surface area contributed by atoms with Crippen molar-refractivity contribution in [3.05, 3.63) is 28.8 Å². The van der Waals surface area contributed by atoms with Crippen molar-refractivity contribution in [1.82, 2.24) is 4.90 Å². The molecule has 1 amide bonds. The largest absolute Gasteiger partial charge is 0.534 e. The van der Waals surface area contributed by atoms with E-state index in [1.54, 1.807) is 6.07 Å². The Balaban J connectivity index is 0.000000646. The lowest BCUT2D eigenvalue weighted by atomic mass is 9.99. The zero-order valence-corrected chi connectivity index (χ0v) is 15.1. The monoisotopic (exact) mass is 421 g/mol. The van der Waals surface area contributed by atoms with E-state index in [1.165, 1.54) is 17.9 Å². The topological polar surface area (TPSA) is 63.7 Å². The molecule has 1 aliphatic rings. The Morgan fingerprint density at radius 3 is 2.07 bits per heavy atom. The van der Waals surface area contributed by atoms with Gasteiger partial charge in [0.25, 0.3) is 0 Å². The van der Waals surface area contributed by atoms with Crippen molar-refractivity contribution in [1.29, 1.82) is 0 Å². The predicted octanol–water partition coefficient (Wildman–Crippen LogP) is 3.35. The van der Waals surface area contributed by atoms with Crippen molar-refractivity contribution in [2.24, 2.45) is 0 Å². The molecule has 0 atom stereocenters. The fourth-order valence-corrected chi connectivity index (χ4v) is 2.85. The minimum absolute atomic E-state index is 0.188. The highest BCUT2D eigenvalue weighted by Crippen LogP contribution is 2.34. The van der Waals surface area contributed by atoms with Crippen molar-refractivity contribution in [3.8, 4) is 5.75 Å². The van der Waals surface area contributed by atoms with Gasteiger partial charge in [0.2, 0.25) is 6.41 Å². The highest BCUT2D eigenvalue weighted by Gasteiger charge is 2.49. The van der Waals surface area contributed by atoms with Crippen LogP contribution in [0.25, 0.3) is 0 Å². The first-order valence-corrected chi connectivity index (χ1v) is 8.94. The van der Waals surface area contributed by atoms with Gasteiger partial charge in [0.1, 0.15) is 5.75 Å². The Hall–Kier alpha value is -1.98. The molecular formula is C15H17F6NO4S. The van der Waals surface area contributed by atoms with E-state index in [1.807, 2.05) is 0 Å². The summed E-state index contributed by atoms with van der Waals surface area (Å²) >= 11 is 0. The van der Waals surface area contributed by atoms with Crippen LogP contribution in [0.3, 0.4) is 0 Å². The first-order chi connectivity index (χ1) is 12.2. The summed E-state index contributed by atoms with van der Waals surface area (Å²) in [5.74, 6) is -0.289. The van der Waals surface area contributed by atoms with Crippen LogP contribution < -0.4 is 4.18 Å². The van der Waals surface area contributed by atoms with Gasteiger partial charge >= 0.3 is 21.8 Å². The van der Waals surface area contributed by atoms with Gasteiger partial charge in [-0.25, -0.2) is 0 Å². The van der Waals surface area contributed by atoms with Gasteiger partial charge in [-0.1, -0.05) is 12.1 Å². The maximum absolute atomic E-state index is 12.5. The van der Waals surface area contributed by atoms with Gasteiger partial charge in [0, 0.05) is 25.6 Å². The number of alkyl halides is 6. The number of rotatable bonds is 3. The van der Waals surface area contributed by atoms with Crippen LogP contribution in [0.4, 0.5) is 26.3 Å². The SMILES string of the molecule is CC(F)(F)F.Cc1ccc2c(c1OS(=O)(=O)C(F)(F)F)CCN(C=O)CC2. The summed E-state index contributed by atoms with van der Waals surface area (Å²) in [4.78, 5) is 12.3. The fourth-order valence-electron chi connectivity index (χ4n) is 2.30. The molecule has 0 saturated heterocycles. The van der Waals surface area contributed by atoms with Crippen molar-refractivity contribution < 1.29 is 43.7 Å². The van der Waals surface area contributed by atoms with Crippen LogP contribution in [0.15, 0.2) is 12.1 Å². The number of aryl methyl sites for hydroxylation is 1. The summed E-state index contributed by atoms with van der Waals surface area (Å²) in [5.41, 5.74) is -4.10. The van der Waals surface area contributed by atoms with Crippen LogP contribution in [0.2, 0.25) is 0 Å². The standard InChI is InChI=1S/C13H14F3NO4S.C2H3F3/c1-9-2-3-10-4-6-17(8-18)7-5-11(10)12(9)21-22(19,20)13(14,15)16;1-2(3,4)5/h2-3,8H,4-7H2,1H3;1H3. The van der Waals surface area contributed by atoms with E-state index in [-0.39, 0.29) is 19.1 Å². The Labute approximate surface area is 152 Å². The number of carbonyl (C=O) groups is 1. The lowest BCUT2D eigenvalue weighted by Gasteiger charge is -2.16. The molecule has 0 unspecified atom stereocenters. The molecule has 2 rings (SSSR count). The van der Waals surface area contributed by atoms with Crippen LogP contribution >= 0.6 is 0 Å². The molecule has 27 heavy (non-hydrogen) atoms.